The van der Waals surface area contributed by atoms with E-state index in [2.05, 4.69) is 0 Å². The number of carbonyl (C=O) groups excluding carboxylic acids is 1. The van der Waals surface area contributed by atoms with Crippen molar-refractivity contribution in [2.24, 2.45) is 0 Å². The first-order valence-corrected chi connectivity index (χ1v) is 6.78. The molecule has 23 heavy (non-hydrogen) atoms. The van der Waals surface area contributed by atoms with E-state index >= 15 is 0 Å². The fraction of sp³-hybridized carbons (Fsp3) is 0.111. The van der Waals surface area contributed by atoms with Gasteiger partial charge in [-0.15, -0.1) is 0 Å². The molecule has 2 aromatic rings. The van der Waals surface area contributed by atoms with Crippen LogP contribution >= 0.6 is 0 Å². The predicted octanol–water partition coefficient (Wildman–Crippen LogP) is 3.19. The van der Waals surface area contributed by atoms with Crippen LogP contribution in [0.4, 0.5) is 0 Å². The van der Waals surface area contributed by atoms with Crippen molar-refractivity contribution in [2.45, 2.75) is 0 Å². The molecule has 5 heteroatoms. The van der Waals surface area contributed by atoms with Gasteiger partial charge in [0.2, 0.25) is 0 Å². The van der Waals surface area contributed by atoms with E-state index in [1.807, 2.05) is 6.07 Å². The fourth-order valence-electron chi connectivity index (χ4n) is 1.88. The smallest absolute Gasteiger partial charge is 0.336 e. The van der Waals surface area contributed by atoms with Crippen LogP contribution in [-0.4, -0.2) is 20.2 Å². The van der Waals surface area contributed by atoms with Crippen LogP contribution in [0.2, 0.25) is 0 Å². The van der Waals surface area contributed by atoms with Crippen LogP contribution < -0.4 is 14.2 Å². The SMILES string of the molecule is COc1ccc(OC)c(/C=C/C(=O)Oc2ccc(C#N)cc2)c1. The Balaban J connectivity index is 2.09. The molecule has 0 aromatic heterocycles. The van der Waals surface area contributed by atoms with Crippen molar-refractivity contribution >= 4 is 12.0 Å². The zero-order valence-electron chi connectivity index (χ0n) is 12.8. The van der Waals surface area contributed by atoms with Crippen molar-refractivity contribution in [2.75, 3.05) is 14.2 Å². The molecule has 2 rings (SSSR count). The van der Waals surface area contributed by atoms with E-state index in [0.29, 0.717) is 28.4 Å². The summed E-state index contributed by atoms with van der Waals surface area (Å²) in [4.78, 5) is 11.8. The number of ether oxygens (including phenoxy) is 3. The summed E-state index contributed by atoms with van der Waals surface area (Å²) < 4.78 is 15.5. The van der Waals surface area contributed by atoms with Crippen LogP contribution in [0.15, 0.2) is 48.5 Å². The van der Waals surface area contributed by atoms with Crippen molar-refractivity contribution in [3.8, 4) is 23.3 Å². The Morgan fingerprint density at radius 3 is 2.35 bits per heavy atom. The maximum absolute atomic E-state index is 11.8. The second-order valence-electron chi connectivity index (χ2n) is 4.50. The minimum atomic E-state index is -0.528. The maximum Gasteiger partial charge on any atom is 0.336 e. The highest BCUT2D eigenvalue weighted by atomic mass is 16.5. The number of benzene rings is 2. The Bertz CT molecular complexity index is 758. The lowest BCUT2D eigenvalue weighted by Crippen LogP contribution is -2.03. The summed E-state index contributed by atoms with van der Waals surface area (Å²) in [5, 5.41) is 8.72. The molecule has 0 amide bonds. The highest BCUT2D eigenvalue weighted by Gasteiger charge is 2.04. The second kappa shape index (κ2) is 7.66. The van der Waals surface area contributed by atoms with Gasteiger partial charge >= 0.3 is 5.97 Å². The van der Waals surface area contributed by atoms with Crippen LogP contribution in [0.5, 0.6) is 17.2 Å². The molecule has 0 heterocycles. The average Bonchev–Trinajstić information content (AvgIpc) is 2.60. The van der Waals surface area contributed by atoms with Gasteiger partial charge in [-0.1, -0.05) is 0 Å². The van der Waals surface area contributed by atoms with Crippen LogP contribution in [-0.2, 0) is 4.79 Å². The van der Waals surface area contributed by atoms with Gasteiger partial charge in [0.1, 0.15) is 17.2 Å². The molecular weight excluding hydrogens is 294 g/mol. The molecule has 0 atom stereocenters. The Morgan fingerprint density at radius 2 is 1.74 bits per heavy atom. The molecule has 0 spiro atoms. The van der Waals surface area contributed by atoms with Gasteiger partial charge in [0, 0.05) is 11.6 Å². The number of hydrogen-bond donors (Lipinski definition) is 0. The third kappa shape index (κ3) is 4.35. The zero-order valence-corrected chi connectivity index (χ0v) is 12.8. The predicted molar refractivity (Wildman–Crippen MR) is 85.4 cm³/mol. The summed E-state index contributed by atoms with van der Waals surface area (Å²) in [6.07, 6.45) is 2.89. The summed E-state index contributed by atoms with van der Waals surface area (Å²) in [5.74, 6) is 1.12. The fourth-order valence-corrected chi connectivity index (χ4v) is 1.88. The van der Waals surface area contributed by atoms with Gasteiger partial charge in [0.25, 0.3) is 0 Å². The van der Waals surface area contributed by atoms with Gasteiger partial charge in [-0.05, 0) is 48.5 Å². The lowest BCUT2D eigenvalue weighted by molar-refractivity contribution is -0.128. The molecule has 0 aliphatic heterocycles. The van der Waals surface area contributed by atoms with Crippen LogP contribution in [0, 0.1) is 11.3 Å². The van der Waals surface area contributed by atoms with Crippen LogP contribution in [0.25, 0.3) is 6.08 Å². The van der Waals surface area contributed by atoms with Gasteiger partial charge < -0.3 is 14.2 Å². The van der Waals surface area contributed by atoms with Gasteiger partial charge in [-0.3, -0.25) is 0 Å². The van der Waals surface area contributed by atoms with Gasteiger partial charge in [0.15, 0.2) is 0 Å². The lowest BCUT2D eigenvalue weighted by atomic mass is 10.1. The van der Waals surface area contributed by atoms with Gasteiger partial charge in [-0.25, -0.2) is 4.79 Å². The molecule has 0 saturated heterocycles. The molecule has 2 aromatic carbocycles. The van der Waals surface area contributed by atoms with Crippen LogP contribution in [0.1, 0.15) is 11.1 Å². The number of hydrogen-bond acceptors (Lipinski definition) is 5. The number of nitrogens with zero attached hydrogens (tertiary/aromatic N) is 1. The average molecular weight is 309 g/mol. The number of carbonyl (C=O) groups is 1. The third-order valence-corrected chi connectivity index (χ3v) is 3.04. The Hall–Kier alpha value is -3.26. The van der Waals surface area contributed by atoms with E-state index < -0.39 is 5.97 Å². The van der Waals surface area contributed by atoms with Crippen LogP contribution in [0.3, 0.4) is 0 Å². The molecular formula is C18H15NO4. The standard InChI is InChI=1S/C18H15NO4/c1-21-16-8-9-17(22-2)14(11-16)5-10-18(20)23-15-6-3-13(12-19)4-7-15/h3-11H,1-2H3/b10-5+. The molecule has 0 bridgehead atoms. The molecule has 0 aliphatic rings. The van der Waals surface area contributed by atoms with Crippen molar-refractivity contribution in [3.05, 3.63) is 59.7 Å². The molecule has 0 saturated carbocycles. The summed E-state index contributed by atoms with van der Waals surface area (Å²) in [6, 6.07) is 13.6. The molecule has 116 valence electrons. The summed E-state index contributed by atoms with van der Waals surface area (Å²) >= 11 is 0. The summed E-state index contributed by atoms with van der Waals surface area (Å²) in [6.45, 7) is 0. The quantitative estimate of drug-likeness (QED) is 0.482. The Kier molecular flexibility index (Phi) is 5.37. The number of nitriles is 1. The van der Waals surface area contributed by atoms with E-state index in [-0.39, 0.29) is 0 Å². The van der Waals surface area contributed by atoms with E-state index in [0.717, 1.165) is 0 Å². The van der Waals surface area contributed by atoms with Crippen molar-refractivity contribution in [1.29, 1.82) is 5.26 Å². The number of esters is 1. The first-order chi connectivity index (χ1) is 11.2. The summed E-state index contributed by atoms with van der Waals surface area (Å²) in [7, 11) is 3.11. The minimum Gasteiger partial charge on any atom is -0.497 e. The molecule has 5 nitrogen and oxygen atoms in total. The third-order valence-electron chi connectivity index (χ3n) is 3.04. The molecule has 0 aliphatic carbocycles. The minimum absolute atomic E-state index is 0.372. The van der Waals surface area contributed by atoms with Crippen molar-refractivity contribution in [1.82, 2.24) is 0 Å². The highest BCUT2D eigenvalue weighted by molar-refractivity contribution is 5.89. The molecule has 0 unspecified atom stereocenters. The van der Waals surface area contributed by atoms with E-state index in [1.54, 1.807) is 62.8 Å². The number of methoxy groups -OCH3 is 2. The molecule has 0 radical (unpaired) electrons. The second-order valence-corrected chi connectivity index (χ2v) is 4.50. The number of rotatable bonds is 5. The topological polar surface area (TPSA) is 68.6 Å². The summed E-state index contributed by atoms with van der Waals surface area (Å²) in [5.41, 5.74) is 1.20. The Morgan fingerprint density at radius 1 is 1.04 bits per heavy atom. The van der Waals surface area contributed by atoms with Crippen molar-refractivity contribution < 1.29 is 19.0 Å². The van der Waals surface area contributed by atoms with E-state index in [1.165, 1.54) is 6.08 Å². The Labute approximate surface area is 134 Å². The lowest BCUT2D eigenvalue weighted by Gasteiger charge is -2.07. The van der Waals surface area contributed by atoms with E-state index in [4.69, 9.17) is 19.5 Å². The maximum atomic E-state index is 11.8. The highest BCUT2D eigenvalue weighted by Crippen LogP contribution is 2.25. The first-order valence-electron chi connectivity index (χ1n) is 6.78. The van der Waals surface area contributed by atoms with Gasteiger partial charge in [-0.2, -0.15) is 5.26 Å². The molecule has 0 fully saturated rings. The van der Waals surface area contributed by atoms with Crippen molar-refractivity contribution in [3.63, 3.8) is 0 Å². The molecule has 0 N–H and O–H groups in total. The van der Waals surface area contributed by atoms with E-state index in [9.17, 15) is 4.79 Å². The monoisotopic (exact) mass is 309 g/mol. The van der Waals surface area contributed by atoms with Gasteiger partial charge in [0.05, 0.1) is 25.9 Å². The zero-order chi connectivity index (χ0) is 16.7. The normalized spacial score (nSPS) is 10.1. The first kappa shape index (κ1) is 16.1. The largest absolute Gasteiger partial charge is 0.497 e.